The third-order valence-electron chi connectivity index (χ3n) is 3.36. The summed E-state index contributed by atoms with van der Waals surface area (Å²) < 4.78 is 4.46. The summed E-state index contributed by atoms with van der Waals surface area (Å²) in [5.41, 5.74) is 2.53. The Morgan fingerprint density at radius 1 is 1.29 bits per heavy atom. The lowest BCUT2D eigenvalue weighted by molar-refractivity contribution is 0.509. The minimum atomic E-state index is 0.168. The van der Waals surface area contributed by atoms with Crippen LogP contribution in [0.15, 0.2) is 34.9 Å². The summed E-state index contributed by atoms with van der Waals surface area (Å²) in [6.45, 7) is 6.30. The van der Waals surface area contributed by atoms with Gasteiger partial charge in [-0.2, -0.15) is 5.10 Å². The lowest BCUT2D eigenvalue weighted by Crippen LogP contribution is -2.27. The van der Waals surface area contributed by atoms with E-state index in [0.717, 1.165) is 30.4 Å². The van der Waals surface area contributed by atoms with Crippen molar-refractivity contribution in [1.29, 1.82) is 0 Å². The van der Waals surface area contributed by atoms with E-state index in [9.17, 15) is 0 Å². The highest BCUT2D eigenvalue weighted by Crippen LogP contribution is 2.31. The molecule has 2 rings (SSSR count). The average molecular weight is 462 g/mol. The Balaban J connectivity index is 2.45. The predicted octanol–water partition coefficient (Wildman–Crippen LogP) is 4.75. The highest BCUT2D eigenvalue weighted by atomic mass is 127. The second-order valence-electron chi connectivity index (χ2n) is 5.01. The Morgan fingerprint density at radius 3 is 2.71 bits per heavy atom. The van der Waals surface area contributed by atoms with Gasteiger partial charge in [0.15, 0.2) is 0 Å². The first-order valence-corrected chi connectivity index (χ1v) is 9.25. The van der Waals surface area contributed by atoms with E-state index < -0.39 is 0 Å². The molecule has 0 radical (unpaired) electrons. The van der Waals surface area contributed by atoms with Crippen molar-refractivity contribution in [3.8, 4) is 0 Å². The van der Waals surface area contributed by atoms with Gasteiger partial charge < -0.3 is 5.32 Å². The van der Waals surface area contributed by atoms with E-state index in [1.807, 2.05) is 6.20 Å². The predicted molar refractivity (Wildman–Crippen MR) is 99.5 cm³/mol. The van der Waals surface area contributed by atoms with Crippen LogP contribution in [0.25, 0.3) is 0 Å². The molecule has 0 fully saturated rings. The molecule has 0 spiro atoms. The first kappa shape index (κ1) is 17.0. The number of hydrogen-bond donors (Lipinski definition) is 1. The van der Waals surface area contributed by atoms with Crippen molar-refractivity contribution in [3.05, 3.63) is 49.8 Å². The van der Waals surface area contributed by atoms with Gasteiger partial charge in [0.25, 0.3) is 0 Å². The van der Waals surface area contributed by atoms with E-state index in [4.69, 9.17) is 0 Å². The van der Waals surface area contributed by atoms with Crippen LogP contribution >= 0.6 is 38.5 Å². The van der Waals surface area contributed by atoms with Gasteiger partial charge in [0.05, 0.1) is 22.4 Å². The van der Waals surface area contributed by atoms with Crippen molar-refractivity contribution in [2.75, 3.05) is 6.54 Å². The van der Waals surface area contributed by atoms with Gasteiger partial charge in [0.1, 0.15) is 0 Å². The molecule has 1 aromatic heterocycles. The third kappa shape index (κ3) is 4.07. The van der Waals surface area contributed by atoms with Gasteiger partial charge in [-0.1, -0.05) is 32.0 Å². The van der Waals surface area contributed by atoms with Crippen LogP contribution in [0.2, 0.25) is 0 Å². The van der Waals surface area contributed by atoms with Crippen molar-refractivity contribution >= 4 is 38.5 Å². The molecule has 0 saturated carbocycles. The van der Waals surface area contributed by atoms with E-state index >= 15 is 0 Å². The SMILES string of the molecule is CCCNC(c1ccccc1I)c1c(Br)cnn1CCC. The summed E-state index contributed by atoms with van der Waals surface area (Å²) in [6, 6.07) is 8.71. The van der Waals surface area contributed by atoms with Crippen LogP contribution in [0, 0.1) is 3.57 Å². The number of halogens is 2. The van der Waals surface area contributed by atoms with Gasteiger partial charge in [-0.25, -0.2) is 0 Å². The van der Waals surface area contributed by atoms with Crippen LogP contribution in [0.4, 0.5) is 0 Å². The molecule has 2 aromatic rings. The molecular weight excluding hydrogens is 441 g/mol. The molecule has 0 aliphatic rings. The number of aryl methyl sites for hydroxylation is 1. The Morgan fingerprint density at radius 2 is 2.05 bits per heavy atom. The topological polar surface area (TPSA) is 29.9 Å². The van der Waals surface area contributed by atoms with Gasteiger partial charge in [-0.15, -0.1) is 0 Å². The van der Waals surface area contributed by atoms with E-state index in [0.29, 0.717) is 0 Å². The van der Waals surface area contributed by atoms with Gasteiger partial charge >= 0.3 is 0 Å². The molecule has 1 atom stereocenters. The number of nitrogens with one attached hydrogen (secondary N) is 1. The van der Waals surface area contributed by atoms with Gasteiger partial charge in [-0.3, -0.25) is 4.68 Å². The smallest absolute Gasteiger partial charge is 0.0770 e. The monoisotopic (exact) mass is 461 g/mol. The molecule has 0 saturated heterocycles. The number of nitrogens with zero attached hydrogens (tertiary/aromatic N) is 2. The summed E-state index contributed by atoms with van der Waals surface area (Å²) in [5.74, 6) is 0. The molecule has 3 nitrogen and oxygen atoms in total. The quantitative estimate of drug-likeness (QED) is 0.603. The van der Waals surface area contributed by atoms with Crippen molar-refractivity contribution in [2.24, 2.45) is 0 Å². The third-order valence-corrected chi connectivity index (χ3v) is 4.95. The first-order valence-electron chi connectivity index (χ1n) is 7.38. The fraction of sp³-hybridized carbons (Fsp3) is 0.438. The molecule has 1 heterocycles. The molecule has 114 valence electrons. The second kappa shape index (κ2) is 8.29. The Kier molecular flexibility index (Phi) is 6.70. The first-order chi connectivity index (χ1) is 10.2. The Labute approximate surface area is 148 Å². The summed E-state index contributed by atoms with van der Waals surface area (Å²) in [5, 5.41) is 8.19. The highest BCUT2D eigenvalue weighted by Gasteiger charge is 2.22. The minimum absolute atomic E-state index is 0.168. The highest BCUT2D eigenvalue weighted by molar-refractivity contribution is 14.1. The normalized spacial score (nSPS) is 12.6. The molecule has 0 amide bonds. The molecule has 1 aromatic carbocycles. The van der Waals surface area contributed by atoms with Gasteiger partial charge in [0, 0.05) is 10.1 Å². The molecule has 0 aliphatic heterocycles. The zero-order valence-electron chi connectivity index (χ0n) is 12.4. The van der Waals surface area contributed by atoms with Crippen LogP contribution in [0.5, 0.6) is 0 Å². The summed E-state index contributed by atoms with van der Waals surface area (Å²) in [4.78, 5) is 0. The van der Waals surface area contributed by atoms with E-state index in [1.165, 1.54) is 14.8 Å². The molecular formula is C16H21BrIN3. The molecule has 0 bridgehead atoms. The van der Waals surface area contributed by atoms with Crippen LogP contribution in [0.3, 0.4) is 0 Å². The van der Waals surface area contributed by atoms with Crippen LogP contribution in [-0.2, 0) is 6.54 Å². The molecule has 1 unspecified atom stereocenters. The molecule has 5 heteroatoms. The standard InChI is InChI=1S/C16H21BrIN3/c1-3-9-19-15(12-7-5-6-8-14(12)18)16-13(17)11-20-21(16)10-4-2/h5-8,11,15,19H,3-4,9-10H2,1-2H3. The summed E-state index contributed by atoms with van der Waals surface area (Å²) >= 11 is 6.09. The molecule has 1 N–H and O–H groups in total. The Bertz CT molecular complexity index is 583. The van der Waals surface area contributed by atoms with E-state index in [2.05, 4.69) is 91.7 Å². The van der Waals surface area contributed by atoms with Crippen molar-refractivity contribution < 1.29 is 0 Å². The fourth-order valence-corrected chi connectivity index (χ4v) is 3.62. The van der Waals surface area contributed by atoms with E-state index in [1.54, 1.807) is 0 Å². The zero-order valence-corrected chi connectivity index (χ0v) is 16.2. The van der Waals surface area contributed by atoms with Crippen LogP contribution < -0.4 is 5.32 Å². The van der Waals surface area contributed by atoms with Gasteiger partial charge in [-0.05, 0) is 69.5 Å². The minimum Gasteiger partial charge on any atom is -0.305 e. The largest absolute Gasteiger partial charge is 0.305 e. The van der Waals surface area contributed by atoms with Gasteiger partial charge in [0.2, 0.25) is 0 Å². The van der Waals surface area contributed by atoms with Crippen molar-refractivity contribution in [3.63, 3.8) is 0 Å². The maximum atomic E-state index is 4.52. The van der Waals surface area contributed by atoms with Crippen LogP contribution in [0.1, 0.15) is 44.0 Å². The average Bonchev–Trinajstić information content (AvgIpc) is 2.83. The number of aromatic nitrogens is 2. The number of benzene rings is 1. The molecule has 0 aliphatic carbocycles. The number of hydrogen-bond acceptors (Lipinski definition) is 2. The van der Waals surface area contributed by atoms with Crippen molar-refractivity contribution in [1.82, 2.24) is 15.1 Å². The second-order valence-corrected chi connectivity index (χ2v) is 7.03. The zero-order chi connectivity index (χ0) is 15.2. The summed E-state index contributed by atoms with van der Waals surface area (Å²) in [6.07, 6.45) is 4.09. The number of rotatable bonds is 7. The van der Waals surface area contributed by atoms with Crippen molar-refractivity contribution in [2.45, 2.75) is 39.3 Å². The molecule has 21 heavy (non-hydrogen) atoms. The van der Waals surface area contributed by atoms with E-state index in [-0.39, 0.29) is 6.04 Å². The fourth-order valence-electron chi connectivity index (χ4n) is 2.40. The summed E-state index contributed by atoms with van der Waals surface area (Å²) in [7, 11) is 0. The lowest BCUT2D eigenvalue weighted by Gasteiger charge is -2.22. The maximum Gasteiger partial charge on any atom is 0.0770 e. The lowest BCUT2D eigenvalue weighted by atomic mass is 10.0. The van der Waals surface area contributed by atoms with Crippen LogP contribution in [-0.4, -0.2) is 16.3 Å². The Hall–Kier alpha value is -0.400. The maximum absolute atomic E-state index is 4.52.